The average Bonchev–Trinajstić information content (AvgIpc) is 3.12. The molecule has 6 nitrogen and oxygen atoms in total. The van der Waals surface area contributed by atoms with Crippen molar-refractivity contribution < 1.29 is 22.0 Å². The van der Waals surface area contributed by atoms with E-state index in [9.17, 15) is 27.2 Å². The predicted molar refractivity (Wildman–Crippen MR) is 129 cm³/mol. The van der Waals surface area contributed by atoms with E-state index in [1.54, 1.807) is 12.1 Å². The van der Waals surface area contributed by atoms with Crippen LogP contribution in [0.4, 0.5) is 27.6 Å². The van der Waals surface area contributed by atoms with Crippen molar-refractivity contribution in [1.82, 2.24) is 20.1 Å². The number of fused-ring (bicyclic) bond motifs is 3. The highest BCUT2D eigenvalue weighted by molar-refractivity contribution is 5.92. The molecule has 0 atom stereocenters. The summed E-state index contributed by atoms with van der Waals surface area (Å²) >= 11 is 0. The Balaban J connectivity index is 1.54. The van der Waals surface area contributed by atoms with E-state index in [-0.39, 0.29) is 46.9 Å². The van der Waals surface area contributed by atoms with E-state index < -0.39 is 18.5 Å². The van der Waals surface area contributed by atoms with E-state index in [4.69, 9.17) is 0 Å². The number of likely N-dealkylation sites (tertiary alicyclic amines) is 1. The van der Waals surface area contributed by atoms with E-state index in [1.165, 1.54) is 12.3 Å². The Morgan fingerprint density at radius 2 is 2.03 bits per heavy atom. The summed E-state index contributed by atoms with van der Waals surface area (Å²) in [5, 5.41) is 19.6. The molecule has 1 aromatic carbocycles. The molecule has 3 aromatic rings. The van der Waals surface area contributed by atoms with E-state index in [1.807, 2.05) is 0 Å². The van der Waals surface area contributed by atoms with Gasteiger partial charge in [-0.1, -0.05) is 11.6 Å². The van der Waals surface area contributed by atoms with Crippen LogP contribution >= 0.6 is 0 Å². The van der Waals surface area contributed by atoms with Crippen LogP contribution in [-0.2, 0) is 6.42 Å². The number of hydrogen-bond acceptors (Lipinski definition) is 5. The minimum atomic E-state index is -4.44. The summed E-state index contributed by atoms with van der Waals surface area (Å²) in [5.74, 6) is -0.697. The molecule has 0 saturated carbocycles. The van der Waals surface area contributed by atoms with Gasteiger partial charge in [-0.15, -0.1) is 5.10 Å². The van der Waals surface area contributed by atoms with Crippen molar-refractivity contribution in [2.75, 3.05) is 31.6 Å². The van der Waals surface area contributed by atoms with E-state index in [0.717, 1.165) is 0 Å². The molecule has 0 bridgehead atoms. The fourth-order valence-electron chi connectivity index (χ4n) is 5.31. The van der Waals surface area contributed by atoms with Crippen molar-refractivity contribution in [1.29, 1.82) is 5.26 Å². The summed E-state index contributed by atoms with van der Waals surface area (Å²) in [5.41, 5.74) is 2.97. The fraction of sp³-hybridized carbons (Fsp3) is 0.423. The molecule has 1 fully saturated rings. The number of nitriles is 1. The fourth-order valence-corrected chi connectivity index (χ4v) is 5.31. The Kier molecular flexibility index (Phi) is 6.86. The van der Waals surface area contributed by atoms with Crippen molar-refractivity contribution >= 4 is 22.2 Å². The predicted octanol–water partition coefficient (Wildman–Crippen LogP) is 5.51. The van der Waals surface area contributed by atoms with Crippen molar-refractivity contribution in [3.05, 3.63) is 58.3 Å². The van der Waals surface area contributed by atoms with Gasteiger partial charge in [0.25, 0.3) is 0 Å². The highest BCUT2D eigenvalue weighted by Crippen LogP contribution is 2.42. The van der Waals surface area contributed by atoms with E-state index in [2.05, 4.69) is 31.5 Å². The first-order valence-electron chi connectivity index (χ1n) is 12.2. The topological polar surface area (TPSA) is 80.6 Å². The van der Waals surface area contributed by atoms with Crippen LogP contribution in [0.1, 0.15) is 48.1 Å². The van der Waals surface area contributed by atoms with Crippen LogP contribution < -0.4 is 5.32 Å². The van der Waals surface area contributed by atoms with Crippen molar-refractivity contribution in [2.45, 2.75) is 44.3 Å². The van der Waals surface area contributed by atoms with Gasteiger partial charge in [0.2, 0.25) is 5.95 Å². The molecule has 11 heteroatoms. The number of nitrogens with one attached hydrogen (secondary N) is 2. The number of aryl methyl sites for hydroxylation is 1. The monoisotopic (exact) mass is 516 g/mol. The molecule has 2 aromatic heterocycles. The second-order valence-electron chi connectivity index (χ2n) is 9.52. The van der Waals surface area contributed by atoms with Crippen LogP contribution in [-0.4, -0.2) is 58.6 Å². The second-order valence-corrected chi connectivity index (χ2v) is 9.52. The molecule has 1 aliphatic carbocycles. The molecule has 37 heavy (non-hydrogen) atoms. The van der Waals surface area contributed by atoms with Gasteiger partial charge in [-0.25, -0.2) is 0 Å². The van der Waals surface area contributed by atoms with Crippen LogP contribution in [0.15, 0.2) is 30.0 Å². The number of aromatic nitrogens is 3. The van der Waals surface area contributed by atoms with Crippen LogP contribution in [0.25, 0.3) is 16.5 Å². The Hall–Kier alpha value is -3.52. The number of alkyl halides is 4. The minimum absolute atomic E-state index is 0.0651. The molecular formula is C26H25F5N6. The molecule has 194 valence electrons. The van der Waals surface area contributed by atoms with Crippen molar-refractivity contribution in [3.8, 4) is 6.07 Å². The SMILES string of the molecule is N#Cc1cc(C2=C(CC(F)(F)F)CCCc3c2ccc2[nH]nc(F)c32)ncc1NC1CN(CCCF)C1. The van der Waals surface area contributed by atoms with E-state index in [0.29, 0.717) is 61.2 Å². The number of benzene rings is 1. The van der Waals surface area contributed by atoms with Crippen LogP contribution in [0, 0.1) is 17.3 Å². The highest BCUT2D eigenvalue weighted by Gasteiger charge is 2.33. The summed E-state index contributed by atoms with van der Waals surface area (Å²) in [7, 11) is 0. The molecule has 3 heterocycles. The molecular weight excluding hydrogens is 491 g/mol. The van der Waals surface area contributed by atoms with Crippen molar-refractivity contribution in [3.63, 3.8) is 0 Å². The zero-order valence-electron chi connectivity index (χ0n) is 19.9. The zero-order chi connectivity index (χ0) is 26.2. The third kappa shape index (κ3) is 5.16. The number of aromatic amines is 1. The van der Waals surface area contributed by atoms with Gasteiger partial charge in [0, 0.05) is 25.2 Å². The number of allylic oxidation sites excluding steroid dienone is 1. The third-order valence-corrected chi connectivity index (χ3v) is 6.94. The van der Waals surface area contributed by atoms with Gasteiger partial charge >= 0.3 is 6.18 Å². The second kappa shape index (κ2) is 10.1. The van der Waals surface area contributed by atoms with Crippen LogP contribution in [0.5, 0.6) is 0 Å². The summed E-state index contributed by atoms with van der Waals surface area (Å²) in [6.45, 7) is 1.70. The first kappa shape index (κ1) is 25.1. The molecule has 2 N–H and O–H groups in total. The van der Waals surface area contributed by atoms with Crippen molar-refractivity contribution in [2.24, 2.45) is 0 Å². The molecule has 0 spiro atoms. The lowest BCUT2D eigenvalue weighted by Gasteiger charge is -2.40. The maximum absolute atomic E-state index is 14.6. The molecule has 5 rings (SSSR count). The molecule has 0 amide bonds. The summed E-state index contributed by atoms with van der Waals surface area (Å²) in [6.07, 6.45) is -2.64. The highest BCUT2D eigenvalue weighted by atomic mass is 19.4. The number of anilines is 1. The van der Waals surface area contributed by atoms with Gasteiger partial charge in [-0.3, -0.25) is 19.4 Å². The molecule has 0 radical (unpaired) electrons. The summed E-state index contributed by atoms with van der Waals surface area (Å²) in [6, 6.07) is 6.97. The van der Waals surface area contributed by atoms with E-state index >= 15 is 0 Å². The maximum Gasteiger partial charge on any atom is 0.392 e. The zero-order valence-corrected chi connectivity index (χ0v) is 19.9. The Morgan fingerprint density at radius 3 is 2.76 bits per heavy atom. The number of H-pyrrole nitrogens is 1. The van der Waals surface area contributed by atoms with Crippen LogP contribution in [0.2, 0.25) is 0 Å². The molecule has 1 aliphatic heterocycles. The Bertz CT molecular complexity index is 1380. The molecule has 1 saturated heterocycles. The first-order chi connectivity index (χ1) is 17.8. The lowest BCUT2D eigenvalue weighted by molar-refractivity contribution is -0.127. The number of hydrogen-bond donors (Lipinski definition) is 2. The third-order valence-electron chi connectivity index (χ3n) is 6.94. The normalized spacial score (nSPS) is 16.9. The number of rotatable bonds is 7. The van der Waals surface area contributed by atoms with Gasteiger partial charge < -0.3 is 5.32 Å². The van der Waals surface area contributed by atoms with Gasteiger partial charge in [0.15, 0.2) is 0 Å². The van der Waals surface area contributed by atoms with Gasteiger partial charge in [0.05, 0.1) is 53.2 Å². The average molecular weight is 517 g/mol. The standard InChI is InChI=1S/C26H25F5N6/c27-7-2-8-37-13-17(14-37)34-22-12-33-21(9-16(22)11-32)23-15(10-26(29,30)31)3-1-4-18-19(23)5-6-20-24(18)25(28)36-35-20/h5-6,9,12,17,34H,1-4,7-8,10,13-14H2,(H,35,36). The largest absolute Gasteiger partial charge is 0.392 e. The molecule has 0 unspecified atom stereocenters. The molecule has 2 aliphatic rings. The van der Waals surface area contributed by atoms with Gasteiger partial charge in [-0.05, 0) is 48.9 Å². The summed E-state index contributed by atoms with van der Waals surface area (Å²) < 4.78 is 67.7. The Labute approximate surface area is 210 Å². The smallest absolute Gasteiger partial charge is 0.377 e. The summed E-state index contributed by atoms with van der Waals surface area (Å²) in [4.78, 5) is 6.58. The first-order valence-corrected chi connectivity index (χ1v) is 12.2. The Morgan fingerprint density at radius 1 is 1.22 bits per heavy atom. The lowest BCUT2D eigenvalue weighted by atomic mass is 9.90. The number of halogens is 5. The quantitative estimate of drug-likeness (QED) is 0.405. The van der Waals surface area contributed by atoms with Gasteiger partial charge in [-0.2, -0.15) is 22.8 Å². The number of pyridine rings is 1. The van der Waals surface area contributed by atoms with Gasteiger partial charge in [0.1, 0.15) is 6.07 Å². The minimum Gasteiger partial charge on any atom is -0.377 e. The lowest BCUT2D eigenvalue weighted by Crippen LogP contribution is -2.54. The number of nitrogens with zero attached hydrogens (tertiary/aromatic N) is 4. The maximum atomic E-state index is 14.6. The van der Waals surface area contributed by atoms with Crippen LogP contribution in [0.3, 0.4) is 0 Å².